The lowest BCUT2D eigenvalue weighted by molar-refractivity contribution is 0.0334. The zero-order valence-corrected chi connectivity index (χ0v) is 27.8. The van der Waals surface area contributed by atoms with Crippen molar-refractivity contribution in [3.63, 3.8) is 0 Å². The maximum atomic E-state index is 15.1. The second-order valence-corrected chi connectivity index (χ2v) is 15.0. The first kappa shape index (κ1) is 37.9. The van der Waals surface area contributed by atoms with Crippen molar-refractivity contribution < 1.29 is 60.6 Å². The van der Waals surface area contributed by atoms with Gasteiger partial charge in [-0.15, -0.1) is 0 Å². The molecule has 4 aromatic rings. The molecule has 0 amide bonds. The van der Waals surface area contributed by atoms with Crippen LogP contribution in [0.5, 0.6) is 0 Å². The molecule has 9 nitrogen and oxygen atoms in total. The van der Waals surface area contributed by atoms with Crippen molar-refractivity contribution in [3.8, 4) is 0 Å². The smallest absolute Gasteiger partial charge is 0.399 e. The molecule has 4 N–H and O–H groups in total. The minimum absolute atomic E-state index is 0.110. The summed E-state index contributed by atoms with van der Waals surface area (Å²) in [6.45, 7) is 2.89. The highest BCUT2D eigenvalue weighted by Crippen LogP contribution is 2.60. The highest BCUT2D eigenvalue weighted by molar-refractivity contribution is 7.52. The van der Waals surface area contributed by atoms with Crippen molar-refractivity contribution in [2.45, 2.75) is 49.5 Å². The lowest BCUT2D eigenvalue weighted by atomic mass is 9.67. The van der Waals surface area contributed by atoms with Gasteiger partial charge < -0.3 is 24.3 Å². The maximum absolute atomic E-state index is 15.1. The topological polar surface area (TPSA) is 158 Å². The molecule has 1 atom stereocenters. The van der Waals surface area contributed by atoms with Gasteiger partial charge in [-0.05, 0) is 49.4 Å². The van der Waals surface area contributed by atoms with Gasteiger partial charge >= 0.3 is 32.5 Å². The molecule has 0 radical (unpaired) electrons. The van der Waals surface area contributed by atoms with E-state index in [-0.39, 0.29) is 29.5 Å². The van der Waals surface area contributed by atoms with Crippen LogP contribution >= 0.6 is 15.2 Å². The van der Waals surface area contributed by atoms with Crippen molar-refractivity contribution in [1.29, 1.82) is 0 Å². The first-order valence-corrected chi connectivity index (χ1v) is 17.9. The SMILES string of the molecule is CC(C)OC(=O)c1cc(CC(Cc2ccc(C(F)(F)P(=O)(O)O)cc2)(C(=O)c2ccccc2)c2ccccc2)ccc1C(F)(F)P(=O)(O)O. The van der Waals surface area contributed by atoms with E-state index in [1.165, 1.54) is 26.0 Å². The summed E-state index contributed by atoms with van der Waals surface area (Å²) in [5, 5.41) is 0. The number of carbonyl (C=O) groups excluding carboxylic acids is 2. The van der Waals surface area contributed by atoms with Crippen LogP contribution < -0.4 is 0 Å². The Labute approximate surface area is 278 Å². The summed E-state index contributed by atoms with van der Waals surface area (Å²) in [6, 6.07) is 23.0. The molecule has 0 saturated carbocycles. The van der Waals surface area contributed by atoms with Gasteiger partial charge in [0.2, 0.25) is 0 Å². The fourth-order valence-corrected chi connectivity index (χ4v) is 6.43. The molecule has 0 aliphatic rings. The number of rotatable bonds is 13. The van der Waals surface area contributed by atoms with Crippen LogP contribution in [0.2, 0.25) is 0 Å². The predicted octanol–water partition coefficient (Wildman–Crippen LogP) is 7.31. The number of carbonyl (C=O) groups is 2. The Balaban J connectivity index is 1.95. The van der Waals surface area contributed by atoms with Gasteiger partial charge in [0.05, 0.1) is 17.1 Å². The standard InChI is InChI=1S/C34H32F4O9P2/c1-22(2)47-31(40)28-19-24(15-18-29(28)34(37,38)49(44,45)46)21-32(26-11-7-4-8-12-26,30(39)25-9-5-3-6-10-25)20-23-13-16-27(17-14-23)33(35,36)48(41,42)43/h3-19,22H,20-21H2,1-2H3,(H2,41,42,43)(H2,44,45,46). The Bertz CT molecular complexity index is 1910. The third-order valence-corrected chi connectivity index (χ3v) is 9.77. The number of Topliss-reactive ketones (excluding diaryl/α,β-unsaturated/α-hetero) is 1. The molecule has 1 unspecified atom stereocenters. The number of alkyl halides is 4. The van der Waals surface area contributed by atoms with Crippen LogP contribution in [0.4, 0.5) is 17.6 Å². The highest BCUT2D eigenvalue weighted by atomic mass is 31.2. The molecule has 0 aliphatic carbocycles. The zero-order chi connectivity index (χ0) is 36.4. The van der Waals surface area contributed by atoms with E-state index < -0.39 is 66.5 Å². The zero-order valence-electron chi connectivity index (χ0n) is 26.0. The molecule has 0 heterocycles. The summed E-state index contributed by atoms with van der Waals surface area (Å²) in [5.41, 5.74) is -12.9. The average Bonchev–Trinajstić information content (AvgIpc) is 3.03. The van der Waals surface area contributed by atoms with Crippen molar-refractivity contribution in [3.05, 3.63) is 142 Å². The van der Waals surface area contributed by atoms with E-state index in [9.17, 15) is 47.1 Å². The number of hydrogen-bond donors (Lipinski definition) is 4. The molecule has 0 aromatic heterocycles. The third kappa shape index (κ3) is 7.94. The molecule has 4 aromatic carbocycles. The Morgan fingerprint density at radius 2 is 1.16 bits per heavy atom. The van der Waals surface area contributed by atoms with Crippen molar-refractivity contribution >= 4 is 26.9 Å². The number of esters is 1. The molecule has 49 heavy (non-hydrogen) atoms. The van der Waals surface area contributed by atoms with Crippen molar-refractivity contribution in [2.24, 2.45) is 0 Å². The van der Waals surface area contributed by atoms with E-state index in [1.54, 1.807) is 60.7 Å². The Hall–Kier alpha value is -3.96. The van der Waals surface area contributed by atoms with Crippen LogP contribution in [0.3, 0.4) is 0 Å². The van der Waals surface area contributed by atoms with Gasteiger partial charge in [0.1, 0.15) is 0 Å². The van der Waals surface area contributed by atoms with Crippen LogP contribution in [0, 0.1) is 0 Å². The number of benzene rings is 4. The minimum Gasteiger partial charge on any atom is -0.459 e. The van der Waals surface area contributed by atoms with Gasteiger partial charge in [0.15, 0.2) is 5.78 Å². The minimum atomic E-state index is -6.12. The van der Waals surface area contributed by atoms with Crippen LogP contribution in [0.15, 0.2) is 103 Å². The van der Waals surface area contributed by atoms with E-state index >= 15 is 8.78 Å². The number of ether oxygens (including phenoxy) is 1. The lowest BCUT2D eigenvalue weighted by Gasteiger charge is -2.34. The fraction of sp³-hybridized carbons (Fsp3) is 0.235. The Morgan fingerprint density at radius 3 is 1.67 bits per heavy atom. The normalized spacial score (nSPS) is 13.9. The van der Waals surface area contributed by atoms with Gasteiger partial charge in [0.25, 0.3) is 0 Å². The van der Waals surface area contributed by atoms with E-state index in [1.807, 2.05) is 0 Å². The molecule has 4 rings (SSSR count). The molecule has 0 aliphatic heterocycles. The Morgan fingerprint density at radius 1 is 0.673 bits per heavy atom. The number of halogens is 4. The molecule has 0 spiro atoms. The molecule has 0 bridgehead atoms. The lowest BCUT2D eigenvalue weighted by Crippen LogP contribution is -2.41. The average molecular weight is 723 g/mol. The number of ketones is 1. The second-order valence-electron chi connectivity index (χ2n) is 11.7. The highest BCUT2D eigenvalue weighted by Gasteiger charge is 2.53. The van der Waals surface area contributed by atoms with Gasteiger partial charge in [0, 0.05) is 16.7 Å². The summed E-state index contributed by atoms with van der Waals surface area (Å²) >= 11 is 0. The Kier molecular flexibility index (Phi) is 10.9. The van der Waals surface area contributed by atoms with Gasteiger partial charge in [-0.2, -0.15) is 17.6 Å². The van der Waals surface area contributed by atoms with E-state index in [0.29, 0.717) is 11.6 Å². The van der Waals surface area contributed by atoms with Crippen LogP contribution in [-0.4, -0.2) is 37.4 Å². The monoisotopic (exact) mass is 722 g/mol. The second kappa shape index (κ2) is 14.1. The van der Waals surface area contributed by atoms with Crippen molar-refractivity contribution in [2.75, 3.05) is 0 Å². The van der Waals surface area contributed by atoms with Gasteiger partial charge in [-0.25, -0.2) is 4.79 Å². The maximum Gasteiger partial charge on any atom is 0.399 e. The summed E-state index contributed by atoms with van der Waals surface area (Å²) < 4.78 is 87.4. The molecular formula is C34H32F4O9P2. The first-order chi connectivity index (χ1) is 22.7. The van der Waals surface area contributed by atoms with E-state index in [2.05, 4.69) is 0 Å². The third-order valence-electron chi connectivity index (χ3n) is 7.81. The molecule has 0 saturated heterocycles. The molecule has 260 valence electrons. The van der Waals surface area contributed by atoms with Crippen LogP contribution in [-0.2, 0) is 43.5 Å². The van der Waals surface area contributed by atoms with Crippen LogP contribution in [0.25, 0.3) is 0 Å². The fourth-order valence-electron chi connectivity index (χ4n) is 5.44. The number of hydrogen-bond acceptors (Lipinski definition) is 5. The van der Waals surface area contributed by atoms with E-state index in [4.69, 9.17) is 4.74 Å². The summed E-state index contributed by atoms with van der Waals surface area (Å²) in [5.74, 6) is -1.78. The van der Waals surface area contributed by atoms with Crippen molar-refractivity contribution in [1.82, 2.24) is 0 Å². The predicted molar refractivity (Wildman–Crippen MR) is 172 cm³/mol. The first-order valence-electron chi connectivity index (χ1n) is 14.7. The molecule has 15 heteroatoms. The van der Waals surface area contributed by atoms with E-state index in [0.717, 1.165) is 24.3 Å². The quantitative estimate of drug-likeness (QED) is 0.0481. The summed E-state index contributed by atoms with van der Waals surface area (Å²) in [7, 11) is -12.0. The largest absolute Gasteiger partial charge is 0.459 e. The molecular weight excluding hydrogens is 690 g/mol. The molecule has 0 fully saturated rings. The summed E-state index contributed by atoms with van der Waals surface area (Å²) in [6.07, 6.45) is -1.30. The van der Waals surface area contributed by atoms with Gasteiger partial charge in [-0.3, -0.25) is 13.9 Å². The van der Waals surface area contributed by atoms with Gasteiger partial charge in [-0.1, -0.05) is 97.1 Å². The summed E-state index contributed by atoms with van der Waals surface area (Å²) in [4.78, 5) is 64.9. The van der Waals surface area contributed by atoms with Crippen LogP contribution in [0.1, 0.15) is 62.4 Å².